The summed E-state index contributed by atoms with van der Waals surface area (Å²) in [6.07, 6.45) is 0. The van der Waals surface area contributed by atoms with Gasteiger partial charge < -0.3 is 0 Å². The molecule has 20 heavy (non-hydrogen) atoms. The summed E-state index contributed by atoms with van der Waals surface area (Å²) in [5.74, 6) is 0.779. The number of hydrogen-bond acceptors (Lipinski definition) is 2. The zero-order valence-electron chi connectivity index (χ0n) is 10.8. The van der Waals surface area contributed by atoms with E-state index in [2.05, 4.69) is 10.2 Å². The van der Waals surface area contributed by atoms with Crippen molar-refractivity contribution in [3.63, 3.8) is 0 Å². The lowest BCUT2D eigenvalue weighted by Gasteiger charge is -2.07. The zero-order valence-corrected chi connectivity index (χ0v) is 12.4. The number of halogens is 1. The maximum Gasteiger partial charge on any atom is 0.200 e. The molecule has 0 saturated carbocycles. The van der Waals surface area contributed by atoms with Gasteiger partial charge in [0.05, 0.1) is 0 Å². The molecule has 0 unspecified atom stereocenters. The van der Waals surface area contributed by atoms with Gasteiger partial charge in [-0.1, -0.05) is 29.8 Å². The number of aromatic amines is 1. The molecule has 3 nitrogen and oxygen atoms in total. The third kappa shape index (κ3) is 2.28. The molecule has 0 aliphatic carbocycles. The van der Waals surface area contributed by atoms with Crippen molar-refractivity contribution in [1.29, 1.82) is 0 Å². The number of nitrogens with zero attached hydrogens (tertiary/aromatic N) is 2. The number of benzene rings is 2. The topological polar surface area (TPSA) is 33.6 Å². The van der Waals surface area contributed by atoms with Crippen molar-refractivity contribution in [1.82, 2.24) is 14.8 Å². The highest BCUT2D eigenvalue weighted by Gasteiger charge is 2.11. The number of hydrogen-bond donors (Lipinski definition) is 1. The largest absolute Gasteiger partial charge is 0.268 e. The molecule has 0 amide bonds. The van der Waals surface area contributed by atoms with E-state index >= 15 is 0 Å². The van der Waals surface area contributed by atoms with Gasteiger partial charge in [-0.25, -0.2) is 0 Å². The molecule has 3 aromatic rings. The highest BCUT2D eigenvalue weighted by Crippen LogP contribution is 2.25. The van der Waals surface area contributed by atoms with Crippen molar-refractivity contribution < 1.29 is 0 Å². The standard InChI is InChI=1S/C15H12ClN3S/c1-10-9-11(7-8-13(10)16)14-17-18-15(20)19(14)12-5-3-2-4-6-12/h2-9H,1H3,(H,18,20). The molecule has 0 saturated heterocycles. The van der Waals surface area contributed by atoms with E-state index in [0.717, 1.165) is 27.7 Å². The average molecular weight is 302 g/mol. The molecule has 1 heterocycles. The maximum atomic E-state index is 6.07. The lowest BCUT2D eigenvalue weighted by Crippen LogP contribution is -1.97. The molecule has 0 aliphatic heterocycles. The molecule has 1 aromatic heterocycles. The summed E-state index contributed by atoms with van der Waals surface area (Å²) in [6, 6.07) is 15.7. The Labute approximate surface area is 126 Å². The summed E-state index contributed by atoms with van der Waals surface area (Å²) in [5.41, 5.74) is 2.97. The van der Waals surface area contributed by atoms with Crippen LogP contribution >= 0.6 is 23.8 Å². The maximum absolute atomic E-state index is 6.07. The molecular formula is C15H12ClN3S. The van der Waals surface area contributed by atoms with Gasteiger partial charge in [-0.05, 0) is 55.0 Å². The van der Waals surface area contributed by atoms with Crippen LogP contribution in [-0.2, 0) is 0 Å². The zero-order chi connectivity index (χ0) is 14.1. The van der Waals surface area contributed by atoms with Gasteiger partial charge in [0.15, 0.2) is 10.6 Å². The van der Waals surface area contributed by atoms with Crippen molar-refractivity contribution in [2.75, 3.05) is 0 Å². The lowest BCUT2D eigenvalue weighted by atomic mass is 10.1. The van der Waals surface area contributed by atoms with E-state index in [-0.39, 0.29) is 0 Å². The third-order valence-electron chi connectivity index (χ3n) is 3.10. The molecule has 5 heteroatoms. The Bertz CT molecular complexity index is 805. The number of aromatic nitrogens is 3. The Morgan fingerprint density at radius 2 is 1.90 bits per heavy atom. The molecule has 0 aliphatic rings. The number of aryl methyl sites for hydroxylation is 1. The number of H-pyrrole nitrogens is 1. The Hall–Kier alpha value is -1.91. The summed E-state index contributed by atoms with van der Waals surface area (Å²) >= 11 is 11.4. The van der Waals surface area contributed by atoms with Crippen LogP contribution in [-0.4, -0.2) is 14.8 Å². The Kier molecular flexibility index (Phi) is 3.42. The minimum absolute atomic E-state index is 0.568. The summed E-state index contributed by atoms with van der Waals surface area (Å²) in [7, 11) is 0. The van der Waals surface area contributed by atoms with E-state index in [1.54, 1.807) is 0 Å². The molecular weight excluding hydrogens is 290 g/mol. The van der Waals surface area contributed by atoms with Crippen molar-refractivity contribution >= 4 is 23.8 Å². The Morgan fingerprint density at radius 1 is 1.15 bits per heavy atom. The van der Waals surface area contributed by atoms with Gasteiger partial charge >= 0.3 is 0 Å². The van der Waals surface area contributed by atoms with Gasteiger partial charge in [0.2, 0.25) is 0 Å². The van der Waals surface area contributed by atoms with Crippen LogP contribution in [0.5, 0.6) is 0 Å². The summed E-state index contributed by atoms with van der Waals surface area (Å²) in [5, 5.41) is 7.93. The summed E-state index contributed by atoms with van der Waals surface area (Å²) < 4.78 is 2.48. The Morgan fingerprint density at radius 3 is 2.60 bits per heavy atom. The molecule has 0 spiro atoms. The number of para-hydroxylation sites is 1. The van der Waals surface area contributed by atoms with Crippen molar-refractivity contribution in [2.45, 2.75) is 6.92 Å². The minimum Gasteiger partial charge on any atom is -0.268 e. The van der Waals surface area contributed by atoms with Crippen LogP contribution < -0.4 is 0 Å². The van der Waals surface area contributed by atoms with E-state index in [4.69, 9.17) is 23.8 Å². The van der Waals surface area contributed by atoms with E-state index in [1.165, 1.54) is 0 Å². The van der Waals surface area contributed by atoms with Gasteiger partial charge in [0.25, 0.3) is 0 Å². The SMILES string of the molecule is Cc1cc(-c2n[nH]c(=S)n2-c2ccccc2)ccc1Cl. The van der Waals surface area contributed by atoms with Crippen LogP contribution in [0.4, 0.5) is 0 Å². The fourth-order valence-electron chi connectivity index (χ4n) is 2.09. The van der Waals surface area contributed by atoms with E-state index in [0.29, 0.717) is 4.77 Å². The van der Waals surface area contributed by atoms with E-state index in [9.17, 15) is 0 Å². The van der Waals surface area contributed by atoms with Crippen LogP contribution in [0.3, 0.4) is 0 Å². The predicted octanol–water partition coefficient (Wildman–Crippen LogP) is 4.56. The van der Waals surface area contributed by atoms with Crippen LogP contribution in [0.15, 0.2) is 48.5 Å². The normalized spacial score (nSPS) is 10.7. The predicted molar refractivity (Wildman–Crippen MR) is 83.9 cm³/mol. The fourth-order valence-corrected chi connectivity index (χ4v) is 2.45. The van der Waals surface area contributed by atoms with Gasteiger partial charge in [-0.2, -0.15) is 5.10 Å². The van der Waals surface area contributed by atoms with Crippen molar-refractivity contribution in [3.8, 4) is 17.1 Å². The fraction of sp³-hybridized carbons (Fsp3) is 0.0667. The molecule has 3 rings (SSSR count). The highest BCUT2D eigenvalue weighted by atomic mass is 35.5. The van der Waals surface area contributed by atoms with Gasteiger partial charge in [0.1, 0.15) is 0 Å². The molecule has 0 fully saturated rings. The van der Waals surface area contributed by atoms with Crippen LogP contribution in [0.2, 0.25) is 5.02 Å². The second-order valence-electron chi connectivity index (χ2n) is 4.49. The van der Waals surface area contributed by atoms with E-state index < -0.39 is 0 Å². The highest BCUT2D eigenvalue weighted by molar-refractivity contribution is 7.71. The van der Waals surface area contributed by atoms with Gasteiger partial charge in [-0.15, -0.1) is 0 Å². The van der Waals surface area contributed by atoms with Crippen LogP contribution in [0, 0.1) is 11.7 Å². The summed E-state index contributed by atoms with van der Waals surface area (Å²) in [4.78, 5) is 0. The average Bonchev–Trinajstić information content (AvgIpc) is 2.85. The molecule has 0 atom stereocenters. The molecule has 100 valence electrons. The molecule has 0 bridgehead atoms. The number of nitrogens with one attached hydrogen (secondary N) is 1. The summed E-state index contributed by atoms with van der Waals surface area (Å²) in [6.45, 7) is 1.97. The second kappa shape index (κ2) is 5.23. The molecule has 0 radical (unpaired) electrons. The minimum atomic E-state index is 0.568. The molecule has 2 aromatic carbocycles. The van der Waals surface area contributed by atoms with E-state index in [1.807, 2.05) is 60.0 Å². The van der Waals surface area contributed by atoms with Crippen LogP contribution in [0.25, 0.3) is 17.1 Å². The first-order valence-corrected chi connectivity index (χ1v) is 6.95. The first kappa shape index (κ1) is 13.1. The molecule has 1 N–H and O–H groups in total. The first-order chi connectivity index (χ1) is 9.66. The monoisotopic (exact) mass is 301 g/mol. The third-order valence-corrected chi connectivity index (χ3v) is 3.80. The van der Waals surface area contributed by atoms with Gasteiger partial charge in [-0.3, -0.25) is 9.67 Å². The first-order valence-electron chi connectivity index (χ1n) is 6.16. The lowest BCUT2D eigenvalue weighted by molar-refractivity contribution is 1.04. The van der Waals surface area contributed by atoms with Crippen molar-refractivity contribution in [3.05, 3.63) is 63.9 Å². The van der Waals surface area contributed by atoms with Crippen molar-refractivity contribution in [2.24, 2.45) is 0 Å². The second-order valence-corrected chi connectivity index (χ2v) is 5.28. The quantitative estimate of drug-likeness (QED) is 0.704. The van der Waals surface area contributed by atoms with Crippen LogP contribution in [0.1, 0.15) is 5.56 Å². The Balaban J connectivity index is 2.21. The van der Waals surface area contributed by atoms with Gasteiger partial charge in [0, 0.05) is 16.3 Å². The number of rotatable bonds is 2. The smallest absolute Gasteiger partial charge is 0.200 e.